The van der Waals surface area contributed by atoms with Crippen molar-refractivity contribution in [3.63, 3.8) is 0 Å². The molecule has 2 aliphatic rings. The van der Waals surface area contributed by atoms with Gasteiger partial charge in [-0.1, -0.05) is 0 Å². The number of carbonyl (C=O) groups is 1. The largest absolute Gasteiger partial charge is 0.379 e. The van der Waals surface area contributed by atoms with Gasteiger partial charge in [-0.15, -0.1) is 0 Å². The number of nitrogens with one attached hydrogen (secondary N) is 1. The van der Waals surface area contributed by atoms with Crippen LogP contribution in [-0.2, 0) is 4.74 Å². The van der Waals surface area contributed by atoms with Gasteiger partial charge < -0.3 is 15.1 Å². The first kappa shape index (κ1) is 14.2. The summed E-state index contributed by atoms with van der Waals surface area (Å²) in [5.74, 6) is 5.89. The number of nitrogen functional groups attached to an aromatic ring is 1. The van der Waals surface area contributed by atoms with Crippen molar-refractivity contribution in [3.05, 3.63) is 23.9 Å². The average Bonchev–Trinajstić information content (AvgIpc) is 3.05. The molecule has 2 saturated heterocycles. The van der Waals surface area contributed by atoms with Gasteiger partial charge in [0.1, 0.15) is 5.82 Å². The third kappa shape index (κ3) is 3.15. The minimum Gasteiger partial charge on any atom is -0.379 e. The lowest BCUT2D eigenvalue weighted by molar-refractivity contribution is 0.0185. The Hall–Kier alpha value is -1.70. The van der Waals surface area contributed by atoms with Gasteiger partial charge in [-0.25, -0.2) is 10.8 Å². The second-order valence-electron chi connectivity index (χ2n) is 5.42. The fraction of sp³-hybridized carbons (Fsp3) is 0.571. The molecule has 0 aliphatic carbocycles. The highest BCUT2D eigenvalue weighted by molar-refractivity contribution is 5.95. The van der Waals surface area contributed by atoms with Crippen molar-refractivity contribution in [2.45, 2.75) is 12.5 Å². The molecule has 1 atom stereocenters. The van der Waals surface area contributed by atoms with Crippen LogP contribution in [0.4, 0.5) is 5.82 Å². The molecule has 0 spiro atoms. The lowest BCUT2D eigenvalue weighted by Gasteiger charge is -2.32. The lowest BCUT2D eigenvalue weighted by Crippen LogP contribution is -2.45. The van der Waals surface area contributed by atoms with Crippen molar-refractivity contribution in [2.75, 3.05) is 44.8 Å². The number of hydrogen-bond donors (Lipinski definition) is 2. The summed E-state index contributed by atoms with van der Waals surface area (Å²) in [7, 11) is 0. The number of morpholine rings is 1. The zero-order valence-electron chi connectivity index (χ0n) is 12.0. The first-order valence-corrected chi connectivity index (χ1v) is 7.31. The number of nitrogens with two attached hydrogens (primary N) is 1. The molecule has 0 aromatic carbocycles. The summed E-state index contributed by atoms with van der Waals surface area (Å²) < 4.78 is 5.38. The molecule has 114 valence electrons. The maximum Gasteiger partial charge on any atom is 0.254 e. The van der Waals surface area contributed by atoms with E-state index in [1.807, 2.05) is 4.90 Å². The Bertz CT molecular complexity index is 504. The van der Waals surface area contributed by atoms with Crippen molar-refractivity contribution in [3.8, 4) is 0 Å². The Morgan fingerprint density at radius 3 is 2.95 bits per heavy atom. The van der Waals surface area contributed by atoms with Crippen LogP contribution in [-0.4, -0.2) is 66.1 Å². The van der Waals surface area contributed by atoms with Gasteiger partial charge in [-0.2, -0.15) is 0 Å². The van der Waals surface area contributed by atoms with Crippen LogP contribution in [0.15, 0.2) is 18.3 Å². The quantitative estimate of drug-likeness (QED) is 0.598. The van der Waals surface area contributed by atoms with E-state index in [1.54, 1.807) is 18.3 Å². The molecular weight excluding hydrogens is 270 g/mol. The minimum absolute atomic E-state index is 0.0460. The molecule has 1 amide bonds. The van der Waals surface area contributed by atoms with Gasteiger partial charge >= 0.3 is 0 Å². The van der Waals surface area contributed by atoms with Gasteiger partial charge in [0, 0.05) is 44.0 Å². The second-order valence-corrected chi connectivity index (χ2v) is 5.42. The van der Waals surface area contributed by atoms with Crippen LogP contribution in [0.25, 0.3) is 0 Å². The van der Waals surface area contributed by atoms with E-state index in [1.165, 1.54) is 0 Å². The number of aromatic nitrogens is 1. The third-order valence-electron chi connectivity index (χ3n) is 4.17. The zero-order chi connectivity index (χ0) is 14.7. The summed E-state index contributed by atoms with van der Waals surface area (Å²) in [6, 6.07) is 3.86. The van der Waals surface area contributed by atoms with Gasteiger partial charge in [-0.3, -0.25) is 9.69 Å². The van der Waals surface area contributed by atoms with Crippen molar-refractivity contribution in [2.24, 2.45) is 5.84 Å². The molecule has 3 N–H and O–H groups in total. The van der Waals surface area contributed by atoms with Crippen molar-refractivity contribution < 1.29 is 9.53 Å². The highest BCUT2D eigenvalue weighted by atomic mass is 16.5. The van der Waals surface area contributed by atoms with Crippen LogP contribution in [0.1, 0.15) is 16.8 Å². The molecule has 3 heterocycles. The number of rotatable bonds is 3. The number of carbonyl (C=O) groups excluding carboxylic acids is 1. The number of hydrazine groups is 1. The Morgan fingerprint density at radius 2 is 2.19 bits per heavy atom. The Balaban J connectivity index is 1.63. The van der Waals surface area contributed by atoms with E-state index < -0.39 is 0 Å². The highest BCUT2D eigenvalue weighted by Gasteiger charge is 2.31. The summed E-state index contributed by atoms with van der Waals surface area (Å²) in [4.78, 5) is 20.9. The van der Waals surface area contributed by atoms with Crippen LogP contribution >= 0.6 is 0 Å². The second kappa shape index (κ2) is 6.38. The van der Waals surface area contributed by atoms with Gasteiger partial charge in [0.2, 0.25) is 0 Å². The smallest absolute Gasteiger partial charge is 0.254 e. The number of likely N-dealkylation sites (tertiary alicyclic amines) is 1. The van der Waals surface area contributed by atoms with Crippen LogP contribution in [0.5, 0.6) is 0 Å². The Labute approximate surface area is 124 Å². The summed E-state index contributed by atoms with van der Waals surface area (Å²) in [6.07, 6.45) is 2.62. The molecule has 7 heteroatoms. The molecule has 0 saturated carbocycles. The number of pyridine rings is 1. The molecule has 1 aromatic rings. The average molecular weight is 291 g/mol. The topological polar surface area (TPSA) is 83.7 Å². The highest BCUT2D eigenvalue weighted by Crippen LogP contribution is 2.19. The summed E-state index contributed by atoms with van der Waals surface area (Å²) >= 11 is 0. The summed E-state index contributed by atoms with van der Waals surface area (Å²) in [5, 5.41) is 0. The normalized spacial score (nSPS) is 23.3. The Morgan fingerprint density at radius 1 is 1.38 bits per heavy atom. The molecule has 7 nitrogen and oxygen atoms in total. The first-order chi connectivity index (χ1) is 10.3. The minimum atomic E-state index is 0.0460. The number of nitrogens with zero attached hydrogens (tertiary/aromatic N) is 3. The number of anilines is 1. The van der Waals surface area contributed by atoms with E-state index in [9.17, 15) is 4.79 Å². The van der Waals surface area contributed by atoms with Crippen molar-refractivity contribution in [1.82, 2.24) is 14.8 Å². The number of hydrogen-bond acceptors (Lipinski definition) is 6. The molecule has 1 unspecified atom stereocenters. The van der Waals surface area contributed by atoms with E-state index in [-0.39, 0.29) is 5.91 Å². The Kier molecular flexibility index (Phi) is 4.33. The summed E-state index contributed by atoms with van der Waals surface area (Å²) in [6.45, 7) is 5.09. The van der Waals surface area contributed by atoms with Gasteiger partial charge in [0.25, 0.3) is 5.91 Å². The number of ether oxygens (including phenoxy) is 1. The molecule has 2 aliphatic heterocycles. The molecule has 2 fully saturated rings. The van der Waals surface area contributed by atoms with Crippen LogP contribution in [0.3, 0.4) is 0 Å². The number of amides is 1. The maximum atomic E-state index is 12.5. The van der Waals surface area contributed by atoms with Crippen LogP contribution in [0, 0.1) is 0 Å². The van der Waals surface area contributed by atoms with E-state index in [0.29, 0.717) is 17.4 Å². The van der Waals surface area contributed by atoms with E-state index in [2.05, 4.69) is 15.3 Å². The molecule has 21 heavy (non-hydrogen) atoms. The van der Waals surface area contributed by atoms with E-state index >= 15 is 0 Å². The predicted octanol–water partition coefficient (Wildman–Crippen LogP) is -0.0861. The third-order valence-corrected chi connectivity index (χ3v) is 4.17. The van der Waals surface area contributed by atoms with E-state index in [0.717, 1.165) is 45.8 Å². The van der Waals surface area contributed by atoms with Gasteiger partial charge in [0.05, 0.1) is 13.2 Å². The fourth-order valence-electron chi connectivity index (χ4n) is 2.99. The van der Waals surface area contributed by atoms with Gasteiger partial charge in [0.15, 0.2) is 0 Å². The van der Waals surface area contributed by atoms with Crippen molar-refractivity contribution in [1.29, 1.82) is 0 Å². The molecule has 0 bridgehead atoms. The van der Waals surface area contributed by atoms with Crippen LogP contribution in [0.2, 0.25) is 0 Å². The fourth-order valence-corrected chi connectivity index (χ4v) is 2.99. The lowest BCUT2D eigenvalue weighted by atomic mass is 10.2. The van der Waals surface area contributed by atoms with Gasteiger partial charge in [-0.05, 0) is 18.6 Å². The molecular formula is C14H21N5O2. The monoisotopic (exact) mass is 291 g/mol. The molecule has 3 rings (SSSR count). The maximum absolute atomic E-state index is 12.5. The van der Waals surface area contributed by atoms with Crippen LogP contribution < -0.4 is 11.3 Å². The predicted molar refractivity (Wildman–Crippen MR) is 78.7 cm³/mol. The SMILES string of the molecule is NNc1cc(C(=O)N2CCC(N3CCOCC3)C2)ccn1. The zero-order valence-corrected chi connectivity index (χ0v) is 12.0. The first-order valence-electron chi connectivity index (χ1n) is 7.31. The summed E-state index contributed by atoms with van der Waals surface area (Å²) in [5.41, 5.74) is 3.09. The molecule has 1 aromatic heterocycles. The van der Waals surface area contributed by atoms with Crippen molar-refractivity contribution >= 4 is 11.7 Å². The van der Waals surface area contributed by atoms with E-state index in [4.69, 9.17) is 10.6 Å². The standard InChI is InChI=1S/C14H21N5O2/c15-17-13-9-11(1-3-16-13)14(20)19-4-2-12(10-19)18-5-7-21-8-6-18/h1,3,9,12H,2,4-8,10,15H2,(H,16,17). The molecule has 0 radical (unpaired) electrons.